The zero-order chi connectivity index (χ0) is 13.0. The summed E-state index contributed by atoms with van der Waals surface area (Å²) < 4.78 is 1.16. The van der Waals surface area contributed by atoms with Crippen molar-refractivity contribution in [2.45, 2.75) is 38.3 Å². The fourth-order valence-electron chi connectivity index (χ4n) is 2.61. The molecule has 0 amide bonds. The third-order valence-electron chi connectivity index (χ3n) is 3.93. The van der Waals surface area contributed by atoms with Crippen molar-refractivity contribution < 1.29 is 0 Å². The van der Waals surface area contributed by atoms with Gasteiger partial charge in [-0.2, -0.15) is 0 Å². The van der Waals surface area contributed by atoms with Crippen molar-refractivity contribution in [1.29, 1.82) is 0 Å². The number of nitrogens with zero attached hydrogens (tertiary/aromatic N) is 1. The summed E-state index contributed by atoms with van der Waals surface area (Å²) in [6.45, 7) is 4.58. The van der Waals surface area contributed by atoms with Crippen LogP contribution in [-0.4, -0.2) is 31.1 Å². The molecule has 0 aliphatic carbocycles. The third kappa shape index (κ3) is 3.81. The Bertz CT molecular complexity index is 381. The first-order valence-corrected chi connectivity index (χ1v) is 7.65. The lowest BCUT2D eigenvalue weighted by Gasteiger charge is -2.33. The van der Waals surface area contributed by atoms with Gasteiger partial charge < -0.3 is 10.2 Å². The number of likely N-dealkylation sites (N-methyl/N-ethyl adjacent to an activating group) is 1. The first kappa shape index (κ1) is 14.0. The average Bonchev–Trinajstić information content (AvgIpc) is 2.37. The maximum atomic E-state index is 3.66. The predicted molar refractivity (Wildman–Crippen MR) is 80.8 cm³/mol. The molecule has 1 aliphatic heterocycles. The molecule has 2 unspecified atom stereocenters. The summed E-state index contributed by atoms with van der Waals surface area (Å²) in [5.74, 6) is 0. The van der Waals surface area contributed by atoms with Crippen LogP contribution in [0, 0.1) is 0 Å². The molecule has 0 radical (unpaired) electrons. The van der Waals surface area contributed by atoms with Crippen molar-refractivity contribution in [3.05, 3.63) is 34.3 Å². The molecule has 0 aromatic heterocycles. The van der Waals surface area contributed by atoms with Gasteiger partial charge in [0.25, 0.3) is 0 Å². The lowest BCUT2D eigenvalue weighted by atomic mass is 10.0. The number of halogens is 1. The molecule has 0 bridgehead atoms. The molecular formula is C15H23BrN2. The van der Waals surface area contributed by atoms with E-state index in [0.29, 0.717) is 12.1 Å². The molecule has 1 aromatic rings. The van der Waals surface area contributed by atoms with Gasteiger partial charge in [0.15, 0.2) is 0 Å². The smallest absolute Gasteiger partial charge is 0.0292 e. The summed E-state index contributed by atoms with van der Waals surface area (Å²) in [7, 11) is 2.25. The zero-order valence-electron chi connectivity index (χ0n) is 11.3. The Morgan fingerprint density at radius 1 is 1.44 bits per heavy atom. The summed E-state index contributed by atoms with van der Waals surface area (Å²) in [6.07, 6.45) is 4.06. The largest absolute Gasteiger partial charge is 0.309 e. The molecule has 0 saturated carbocycles. The first-order valence-electron chi connectivity index (χ1n) is 6.86. The molecule has 2 atom stereocenters. The van der Waals surface area contributed by atoms with Crippen molar-refractivity contribution in [3.8, 4) is 0 Å². The summed E-state index contributed by atoms with van der Waals surface area (Å²) in [5.41, 5.74) is 1.35. The standard InChI is InChI=1S/C15H23BrN2/c1-12(13-6-5-7-14(16)10-13)17-11-15-8-3-4-9-18(15)2/h5-7,10,12,15,17H,3-4,8-9,11H2,1-2H3. The van der Waals surface area contributed by atoms with E-state index in [2.05, 4.69) is 64.4 Å². The first-order chi connectivity index (χ1) is 8.66. The van der Waals surface area contributed by atoms with E-state index < -0.39 is 0 Å². The van der Waals surface area contributed by atoms with E-state index in [9.17, 15) is 0 Å². The van der Waals surface area contributed by atoms with Gasteiger partial charge in [-0.25, -0.2) is 0 Å². The summed E-state index contributed by atoms with van der Waals surface area (Å²) in [6, 6.07) is 9.68. The Balaban J connectivity index is 1.86. The Labute approximate surface area is 119 Å². The van der Waals surface area contributed by atoms with Crippen LogP contribution in [0.2, 0.25) is 0 Å². The van der Waals surface area contributed by atoms with Crippen molar-refractivity contribution in [1.82, 2.24) is 10.2 Å². The van der Waals surface area contributed by atoms with Gasteiger partial charge in [0.05, 0.1) is 0 Å². The Morgan fingerprint density at radius 3 is 3.00 bits per heavy atom. The normalized spacial score (nSPS) is 22.9. The van der Waals surface area contributed by atoms with E-state index in [-0.39, 0.29) is 0 Å². The lowest BCUT2D eigenvalue weighted by Crippen LogP contribution is -2.43. The minimum absolute atomic E-state index is 0.415. The molecule has 1 aliphatic rings. The Morgan fingerprint density at radius 2 is 2.28 bits per heavy atom. The van der Waals surface area contributed by atoms with Crippen molar-refractivity contribution in [2.24, 2.45) is 0 Å². The number of piperidine rings is 1. The molecule has 3 heteroatoms. The van der Waals surface area contributed by atoms with Gasteiger partial charge in [-0.3, -0.25) is 0 Å². The second-order valence-electron chi connectivity index (χ2n) is 5.32. The molecule has 0 spiro atoms. The van der Waals surface area contributed by atoms with Gasteiger partial charge >= 0.3 is 0 Å². The zero-order valence-corrected chi connectivity index (χ0v) is 12.9. The molecule has 1 saturated heterocycles. The number of nitrogens with one attached hydrogen (secondary N) is 1. The average molecular weight is 311 g/mol. The minimum atomic E-state index is 0.415. The van der Waals surface area contributed by atoms with E-state index in [4.69, 9.17) is 0 Å². The van der Waals surface area contributed by atoms with Crippen molar-refractivity contribution in [2.75, 3.05) is 20.1 Å². The predicted octanol–water partition coefficient (Wildman–Crippen LogP) is 3.58. The fourth-order valence-corrected chi connectivity index (χ4v) is 3.03. The topological polar surface area (TPSA) is 15.3 Å². The van der Waals surface area contributed by atoms with Gasteiger partial charge in [0.2, 0.25) is 0 Å². The van der Waals surface area contributed by atoms with Crippen LogP contribution in [0.15, 0.2) is 28.7 Å². The number of likely N-dealkylation sites (tertiary alicyclic amines) is 1. The summed E-state index contributed by atoms with van der Waals surface area (Å²) in [5, 5.41) is 3.66. The Kier molecular flexibility index (Phi) is 5.22. The lowest BCUT2D eigenvalue weighted by molar-refractivity contribution is 0.178. The number of hydrogen-bond acceptors (Lipinski definition) is 2. The summed E-state index contributed by atoms with van der Waals surface area (Å²) in [4.78, 5) is 2.49. The Hall–Kier alpha value is -0.380. The van der Waals surface area contributed by atoms with E-state index in [0.717, 1.165) is 11.0 Å². The third-order valence-corrected chi connectivity index (χ3v) is 4.42. The number of hydrogen-bond donors (Lipinski definition) is 1. The number of benzene rings is 1. The SMILES string of the molecule is CC(NCC1CCCCN1C)c1cccc(Br)c1. The molecule has 1 heterocycles. The van der Waals surface area contributed by atoms with Crippen molar-refractivity contribution >= 4 is 15.9 Å². The van der Waals surface area contributed by atoms with Gasteiger partial charge in [-0.15, -0.1) is 0 Å². The molecule has 2 rings (SSSR count). The monoisotopic (exact) mass is 310 g/mol. The van der Waals surface area contributed by atoms with Crippen LogP contribution in [0.1, 0.15) is 37.8 Å². The summed E-state index contributed by atoms with van der Waals surface area (Å²) >= 11 is 3.53. The van der Waals surface area contributed by atoms with Gasteiger partial charge in [0, 0.05) is 23.1 Å². The van der Waals surface area contributed by atoms with E-state index in [1.165, 1.54) is 31.4 Å². The van der Waals surface area contributed by atoms with Crippen LogP contribution in [0.4, 0.5) is 0 Å². The van der Waals surface area contributed by atoms with Gasteiger partial charge in [-0.05, 0) is 51.1 Å². The van der Waals surface area contributed by atoms with Crippen LogP contribution < -0.4 is 5.32 Å². The maximum absolute atomic E-state index is 3.66. The molecule has 1 fully saturated rings. The molecule has 100 valence electrons. The highest BCUT2D eigenvalue weighted by Crippen LogP contribution is 2.19. The maximum Gasteiger partial charge on any atom is 0.0292 e. The van der Waals surface area contributed by atoms with Crippen LogP contribution in [-0.2, 0) is 0 Å². The highest BCUT2D eigenvalue weighted by atomic mass is 79.9. The highest BCUT2D eigenvalue weighted by Gasteiger charge is 2.19. The van der Waals surface area contributed by atoms with E-state index >= 15 is 0 Å². The molecule has 1 aromatic carbocycles. The van der Waals surface area contributed by atoms with Gasteiger partial charge in [-0.1, -0.05) is 34.5 Å². The van der Waals surface area contributed by atoms with E-state index in [1.807, 2.05) is 0 Å². The van der Waals surface area contributed by atoms with Crippen LogP contribution >= 0.6 is 15.9 Å². The van der Waals surface area contributed by atoms with Crippen LogP contribution in [0.3, 0.4) is 0 Å². The second-order valence-corrected chi connectivity index (χ2v) is 6.23. The highest BCUT2D eigenvalue weighted by molar-refractivity contribution is 9.10. The quantitative estimate of drug-likeness (QED) is 0.914. The van der Waals surface area contributed by atoms with Gasteiger partial charge in [0.1, 0.15) is 0 Å². The van der Waals surface area contributed by atoms with Crippen LogP contribution in [0.5, 0.6) is 0 Å². The van der Waals surface area contributed by atoms with Crippen LogP contribution in [0.25, 0.3) is 0 Å². The molecule has 18 heavy (non-hydrogen) atoms. The number of rotatable bonds is 4. The minimum Gasteiger partial charge on any atom is -0.309 e. The molecule has 1 N–H and O–H groups in total. The fraction of sp³-hybridized carbons (Fsp3) is 0.600. The second kappa shape index (κ2) is 6.69. The van der Waals surface area contributed by atoms with Crippen molar-refractivity contribution in [3.63, 3.8) is 0 Å². The molecular weight excluding hydrogens is 288 g/mol. The van der Waals surface area contributed by atoms with E-state index in [1.54, 1.807) is 0 Å². The molecule has 2 nitrogen and oxygen atoms in total.